The number of aromatic nitrogens is 1. The third kappa shape index (κ3) is 4.74. The molecule has 0 unspecified atom stereocenters. The van der Waals surface area contributed by atoms with Gasteiger partial charge in [0, 0.05) is 49.6 Å². The van der Waals surface area contributed by atoms with E-state index in [1.807, 2.05) is 12.1 Å². The van der Waals surface area contributed by atoms with Crippen molar-refractivity contribution in [2.24, 2.45) is 0 Å². The second-order valence-corrected chi connectivity index (χ2v) is 12.9. The van der Waals surface area contributed by atoms with Gasteiger partial charge in [0.15, 0.2) is 0 Å². The number of fused-ring (bicyclic) bond motifs is 6. The Kier molecular flexibility index (Phi) is 6.81. The van der Waals surface area contributed by atoms with Crippen LogP contribution < -0.4 is 4.90 Å². The zero-order valence-electron chi connectivity index (χ0n) is 27.8. The highest BCUT2D eigenvalue weighted by Gasteiger charge is 2.21. The van der Waals surface area contributed by atoms with Gasteiger partial charge in [-0.05, 0) is 60.2 Å². The van der Waals surface area contributed by atoms with Crippen molar-refractivity contribution in [3.63, 3.8) is 0 Å². The van der Waals surface area contributed by atoms with Gasteiger partial charge in [-0.25, -0.2) is 0 Å². The summed E-state index contributed by atoms with van der Waals surface area (Å²) in [5, 5.41) is 4.75. The Balaban J connectivity index is 1.17. The summed E-state index contributed by atoms with van der Waals surface area (Å²) in [6.45, 7) is 0. The van der Waals surface area contributed by atoms with E-state index in [9.17, 15) is 0 Å². The summed E-state index contributed by atoms with van der Waals surface area (Å²) in [5.74, 6) is 0. The number of furan rings is 1. The second-order valence-electron chi connectivity index (χ2n) is 12.9. The largest absolute Gasteiger partial charge is 0.455 e. The summed E-state index contributed by atoms with van der Waals surface area (Å²) in [4.78, 5) is 2.36. The molecule has 0 aliphatic rings. The van der Waals surface area contributed by atoms with Crippen LogP contribution in [0.5, 0.6) is 0 Å². The fourth-order valence-electron chi connectivity index (χ4n) is 7.77. The van der Waals surface area contributed by atoms with E-state index in [1.165, 1.54) is 27.4 Å². The molecule has 10 aromatic rings. The minimum atomic E-state index is 0.895. The van der Waals surface area contributed by atoms with Crippen LogP contribution in [0.15, 0.2) is 199 Å². The van der Waals surface area contributed by atoms with Crippen LogP contribution in [0.3, 0.4) is 0 Å². The molecule has 51 heavy (non-hydrogen) atoms. The van der Waals surface area contributed by atoms with Crippen molar-refractivity contribution in [3.05, 3.63) is 194 Å². The Morgan fingerprint density at radius 3 is 1.76 bits per heavy atom. The van der Waals surface area contributed by atoms with Crippen LogP contribution in [0.1, 0.15) is 0 Å². The van der Waals surface area contributed by atoms with Gasteiger partial charge in [0.2, 0.25) is 0 Å². The molecule has 0 radical (unpaired) electrons. The summed E-state index contributed by atoms with van der Waals surface area (Å²) in [7, 11) is 0. The molecule has 0 atom stereocenters. The van der Waals surface area contributed by atoms with Crippen molar-refractivity contribution < 1.29 is 4.42 Å². The molecule has 2 heterocycles. The first-order chi connectivity index (χ1) is 25.3. The lowest BCUT2D eigenvalue weighted by atomic mass is 9.98. The maximum absolute atomic E-state index is 6.55. The minimum Gasteiger partial charge on any atom is -0.455 e. The van der Waals surface area contributed by atoms with Gasteiger partial charge in [-0.15, -0.1) is 0 Å². The summed E-state index contributed by atoms with van der Waals surface area (Å²) < 4.78 is 8.96. The Morgan fingerprint density at radius 1 is 0.392 bits per heavy atom. The fraction of sp³-hybridized carbons (Fsp3) is 0. The SMILES string of the molecule is c1ccc(N(c2cccc(-c3ccccc3-n3c4ccccc4c4ccccc43)c2)c2ccccc2-c2cccc3c2oc2ccccc23)cc1. The third-order valence-electron chi connectivity index (χ3n) is 9.99. The summed E-state index contributed by atoms with van der Waals surface area (Å²) in [6.07, 6.45) is 0. The molecule has 0 aliphatic carbocycles. The molecule has 10 rings (SSSR count). The highest BCUT2D eigenvalue weighted by atomic mass is 16.3. The van der Waals surface area contributed by atoms with Gasteiger partial charge in [-0.2, -0.15) is 0 Å². The lowest BCUT2D eigenvalue weighted by Crippen LogP contribution is -2.11. The molecular formula is C48H32N2O. The van der Waals surface area contributed by atoms with Gasteiger partial charge in [0.1, 0.15) is 11.2 Å². The predicted molar refractivity (Wildman–Crippen MR) is 214 cm³/mol. The molecule has 240 valence electrons. The maximum Gasteiger partial charge on any atom is 0.143 e. The molecule has 0 spiro atoms. The minimum absolute atomic E-state index is 0.895. The zero-order valence-corrected chi connectivity index (χ0v) is 27.8. The lowest BCUT2D eigenvalue weighted by molar-refractivity contribution is 0.670. The summed E-state index contributed by atoms with van der Waals surface area (Å²) >= 11 is 0. The van der Waals surface area contributed by atoms with Crippen LogP contribution in [0.25, 0.3) is 71.7 Å². The van der Waals surface area contributed by atoms with Crippen LogP contribution in [-0.4, -0.2) is 4.57 Å². The van der Waals surface area contributed by atoms with Gasteiger partial charge in [-0.3, -0.25) is 0 Å². The average Bonchev–Trinajstić information content (AvgIpc) is 3.75. The van der Waals surface area contributed by atoms with E-state index in [-0.39, 0.29) is 0 Å². The number of hydrogen-bond acceptors (Lipinski definition) is 2. The van der Waals surface area contributed by atoms with E-state index in [0.29, 0.717) is 0 Å². The van der Waals surface area contributed by atoms with Crippen LogP contribution in [0, 0.1) is 0 Å². The van der Waals surface area contributed by atoms with Crippen LogP contribution >= 0.6 is 0 Å². The van der Waals surface area contributed by atoms with Crippen molar-refractivity contribution in [3.8, 4) is 27.9 Å². The predicted octanol–water partition coefficient (Wildman–Crippen LogP) is 13.5. The lowest BCUT2D eigenvalue weighted by Gasteiger charge is -2.28. The molecule has 8 aromatic carbocycles. The number of nitrogens with zero attached hydrogens (tertiary/aromatic N) is 2. The van der Waals surface area contributed by atoms with Crippen molar-refractivity contribution in [1.29, 1.82) is 0 Å². The number of anilines is 3. The molecule has 0 saturated carbocycles. The van der Waals surface area contributed by atoms with Crippen LogP contribution in [0.4, 0.5) is 17.1 Å². The molecule has 0 fully saturated rings. The van der Waals surface area contributed by atoms with Gasteiger partial charge in [0.05, 0.1) is 22.4 Å². The van der Waals surface area contributed by atoms with Crippen molar-refractivity contribution >= 4 is 60.8 Å². The molecular weight excluding hydrogens is 621 g/mol. The molecule has 0 bridgehead atoms. The first kappa shape index (κ1) is 29.1. The summed E-state index contributed by atoms with van der Waals surface area (Å²) in [5.41, 5.74) is 13.0. The number of hydrogen-bond donors (Lipinski definition) is 0. The van der Waals surface area contributed by atoms with Crippen molar-refractivity contribution in [2.45, 2.75) is 0 Å². The highest BCUT2D eigenvalue weighted by molar-refractivity contribution is 6.11. The molecule has 3 nitrogen and oxygen atoms in total. The van der Waals surface area contributed by atoms with E-state index in [2.05, 4.69) is 191 Å². The topological polar surface area (TPSA) is 21.3 Å². The first-order valence-electron chi connectivity index (χ1n) is 17.4. The van der Waals surface area contributed by atoms with Crippen molar-refractivity contribution in [1.82, 2.24) is 4.57 Å². The van der Waals surface area contributed by atoms with E-state index in [1.54, 1.807) is 0 Å². The standard InChI is InChI=1S/C48H32N2O/c1-2-17-34(18-3-1)49(44-28-10-7-23-39(44)41-25-15-26-42-40-24-8-13-31-47(40)51-48(41)42)35-19-14-16-33(32-35)36-20-4-9-27-43(36)50-45-29-11-5-21-37(45)38-22-6-12-30-46(38)50/h1-32H. The molecule has 2 aromatic heterocycles. The molecule has 0 aliphatic heterocycles. The van der Waals surface area contributed by atoms with Gasteiger partial charge in [-0.1, -0.05) is 140 Å². The monoisotopic (exact) mass is 652 g/mol. The Hall–Kier alpha value is -6.84. The Morgan fingerprint density at radius 2 is 0.961 bits per heavy atom. The number of benzene rings is 8. The summed E-state index contributed by atoms with van der Waals surface area (Å²) in [6, 6.07) is 69.1. The van der Waals surface area contributed by atoms with Gasteiger partial charge in [0.25, 0.3) is 0 Å². The van der Waals surface area contributed by atoms with Crippen LogP contribution in [0.2, 0.25) is 0 Å². The van der Waals surface area contributed by atoms with E-state index < -0.39 is 0 Å². The smallest absolute Gasteiger partial charge is 0.143 e. The fourth-order valence-corrected chi connectivity index (χ4v) is 7.77. The third-order valence-corrected chi connectivity index (χ3v) is 9.99. The first-order valence-corrected chi connectivity index (χ1v) is 17.4. The molecule has 0 saturated heterocycles. The normalized spacial score (nSPS) is 11.5. The Labute approximate surface area is 295 Å². The molecule has 0 N–H and O–H groups in total. The van der Waals surface area contributed by atoms with Gasteiger partial charge >= 0.3 is 0 Å². The second kappa shape index (κ2) is 11.9. The molecule has 0 amide bonds. The van der Waals surface area contributed by atoms with Gasteiger partial charge < -0.3 is 13.9 Å². The van der Waals surface area contributed by atoms with Crippen LogP contribution in [-0.2, 0) is 0 Å². The van der Waals surface area contributed by atoms with Crippen molar-refractivity contribution in [2.75, 3.05) is 4.90 Å². The zero-order chi connectivity index (χ0) is 33.7. The van der Waals surface area contributed by atoms with E-state index >= 15 is 0 Å². The Bertz CT molecular complexity index is 2830. The highest BCUT2D eigenvalue weighted by Crippen LogP contribution is 2.45. The quantitative estimate of drug-likeness (QED) is 0.178. The maximum atomic E-state index is 6.55. The molecule has 3 heteroatoms. The van der Waals surface area contributed by atoms with E-state index in [0.717, 1.165) is 61.4 Å². The van der Waals surface area contributed by atoms with E-state index in [4.69, 9.17) is 4.42 Å². The number of rotatable bonds is 6. The number of para-hydroxylation sites is 7. The average molecular weight is 653 g/mol.